The topological polar surface area (TPSA) is 128 Å². The fraction of sp³-hybridized carbons (Fsp3) is 0.357. The average molecular weight is 486 g/mol. The first kappa shape index (κ1) is 26.8. The molecule has 1 amide bonds. The molecule has 2 aromatic carbocycles. The number of hydrogen-bond donors (Lipinski definition) is 4. The molecule has 1 saturated carbocycles. The molecule has 4 rings (SSSR count). The molecule has 8 heteroatoms. The van der Waals surface area contributed by atoms with Gasteiger partial charge in [-0.25, -0.2) is 4.99 Å². The number of nitriles is 1. The summed E-state index contributed by atoms with van der Waals surface area (Å²) in [6.45, 7) is 9.09. The van der Waals surface area contributed by atoms with Gasteiger partial charge in [-0.05, 0) is 94.4 Å². The predicted molar refractivity (Wildman–Crippen MR) is 147 cm³/mol. The van der Waals surface area contributed by atoms with Crippen LogP contribution in [0.3, 0.4) is 0 Å². The maximum atomic E-state index is 13.1. The first-order valence-corrected chi connectivity index (χ1v) is 12.1. The summed E-state index contributed by atoms with van der Waals surface area (Å²) in [5.74, 6) is 0.142. The highest BCUT2D eigenvalue weighted by Crippen LogP contribution is 2.27. The lowest BCUT2D eigenvalue weighted by molar-refractivity contribution is -0.117. The van der Waals surface area contributed by atoms with Gasteiger partial charge in [-0.15, -0.1) is 0 Å². The number of amides is 1. The first-order valence-electron chi connectivity index (χ1n) is 12.1. The van der Waals surface area contributed by atoms with Crippen LogP contribution in [0.1, 0.15) is 43.4 Å². The van der Waals surface area contributed by atoms with Gasteiger partial charge in [0.15, 0.2) is 0 Å². The van der Waals surface area contributed by atoms with Crippen LogP contribution in [0.25, 0.3) is 0 Å². The second-order valence-corrected chi connectivity index (χ2v) is 9.26. The molecule has 188 valence electrons. The van der Waals surface area contributed by atoms with Crippen molar-refractivity contribution in [3.05, 3.63) is 70.9 Å². The van der Waals surface area contributed by atoms with E-state index in [1.54, 1.807) is 0 Å². The van der Waals surface area contributed by atoms with Gasteiger partial charge in [-0.1, -0.05) is 18.2 Å². The van der Waals surface area contributed by atoms with E-state index in [4.69, 9.17) is 4.99 Å². The standard InChI is InChI=1S/C27H30N6O.CH5N/c1-27(2,17-28)20-5-4-6-22(14-20)31-25(24(16-29-3)26(34)33-21-9-10-21)32-23-8-7-19-15-30-12-11-18(19)13-23;1-2/h4-8,13-14,16,21,30H,3,9-12,15H2,1-2H3,(H,31,32)(H,33,34);2H2,1H3/b24-16+;. The van der Waals surface area contributed by atoms with E-state index in [1.165, 1.54) is 24.4 Å². The number of anilines is 1. The van der Waals surface area contributed by atoms with E-state index in [1.807, 2.05) is 44.2 Å². The predicted octanol–water partition coefficient (Wildman–Crippen LogP) is 3.71. The monoisotopic (exact) mass is 485 g/mol. The van der Waals surface area contributed by atoms with Crippen molar-refractivity contribution in [2.24, 2.45) is 15.7 Å². The number of nitrogens with two attached hydrogens (primary N) is 1. The van der Waals surface area contributed by atoms with Gasteiger partial charge < -0.3 is 21.7 Å². The van der Waals surface area contributed by atoms with Gasteiger partial charge in [0.25, 0.3) is 5.91 Å². The van der Waals surface area contributed by atoms with Crippen LogP contribution in [0.5, 0.6) is 0 Å². The summed E-state index contributed by atoms with van der Waals surface area (Å²) >= 11 is 0. The molecular weight excluding hydrogens is 450 g/mol. The fourth-order valence-corrected chi connectivity index (χ4v) is 3.81. The molecule has 0 radical (unpaired) electrons. The largest absolute Gasteiger partial charge is 0.349 e. The lowest BCUT2D eigenvalue weighted by Crippen LogP contribution is -2.32. The zero-order chi connectivity index (χ0) is 26.1. The number of aliphatic imine (C=N–C) groups is 2. The molecule has 0 aromatic heterocycles. The summed E-state index contributed by atoms with van der Waals surface area (Å²) in [6, 6.07) is 16.3. The minimum Gasteiger partial charge on any atom is -0.349 e. The molecule has 2 aromatic rings. The Bertz CT molecular complexity index is 1200. The number of benzene rings is 2. The molecule has 8 nitrogen and oxygen atoms in total. The molecule has 1 aliphatic carbocycles. The highest BCUT2D eigenvalue weighted by Gasteiger charge is 2.27. The Morgan fingerprint density at radius 3 is 2.69 bits per heavy atom. The summed E-state index contributed by atoms with van der Waals surface area (Å²) in [7, 11) is 1.50. The zero-order valence-electron chi connectivity index (χ0n) is 21.3. The number of nitrogens with zero attached hydrogens (tertiary/aromatic N) is 3. The Kier molecular flexibility index (Phi) is 9.12. The quantitative estimate of drug-likeness (QED) is 0.270. The van der Waals surface area contributed by atoms with E-state index in [9.17, 15) is 10.1 Å². The Hall–Kier alpha value is -3.80. The maximum absolute atomic E-state index is 13.1. The summed E-state index contributed by atoms with van der Waals surface area (Å²) in [5.41, 5.74) is 9.04. The Labute approximate surface area is 213 Å². The van der Waals surface area contributed by atoms with E-state index < -0.39 is 5.41 Å². The molecular formula is C28H35N7O. The van der Waals surface area contributed by atoms with E-state index in [0.717, 1.165) is 49.3 Å². The minimum atomic E-state index is -0.647. The van der Waals surface area contributed by atoms with Crippen molar-refractivity contribution in [3.8, 4) is 6.07 Å². The van der Waals surface area contributed by atoms with Crippen LogP contribution in [-0.4, -0.2) is 38.1 Å². The SMILES string of the molecule is C=N/C=C(/C(=O)NC1CC1)C(=Nc1ccc2c(c1)CCNC2)Nc1cccc(C(C)(C)C#N)c1.CN. The second kappa shape index (κ2) is 12.2. The van der Waals surface area contributed by atoms with Crippen LogP contribution in [0.2, 0.25) is 0 Å². The van der Waals surface area contributed by atoms with Crippen LogP contribution in [0, 0.1) is 11.3 Å². The van der Waals surface area contributed by atoms with Crippen molar-refractivity contribution in [3.63, 3.8) is 0 Å². The van der Waals surface area contributed by atoms with Crippen LogP contribution in [-0.2, 0) is 23.2 Å². The van der Waals surface area contributed by atoms with Crippen LogP contribution >= 0.6 is 0 Å². The molecule has 1 aliphatic heterocycles. The van der Waals surface area contributed by atoms with Crippen molar-refractivity contribution in [2.75, 3.05) is 18.9 Å². The summed E-state index contributed by atoms with van der Waals surface area (Å²) in [4.78, 5) is 21.8. The molecule has 36 heavy (non-hydrogen) atoms. The molecule has 0 saturated heterocycles. The molecule has 1 heterocycles. The lowest BCUT2D eigenvalue weighted by atomic mass is 9.86. The third-order valence-corrected chi connectivity index (χ3v) is 6.08. The van der Waals surface area contributed by atoms with Gasteiger partial charge in [0.1, 0.15) is 11.4 Å². The molecule has 5 N–H and O–H groups in total. The van der Waals surface area contributed by atoms with Crippen molar-refractivity contribution >= 4 is 29.8 Å². The number of carbonyl (C=O) groups excluding carboxylic acids is 1. The number of nitrogens with one attached hydrogen (secondary N) is 3. The zero-order valence-corrected chi connectivity index (χ0v) is 21.3. The van der Waals surface area contributed by atoms with Gasteiger partial charge in [0.2, 0.25) is 0 Å². The Morgan fingerprint density at radius 1 is 1.22 bits per heavy atom. The van der Waals surface area contributed by atoms with Gasteiger partial charge >= 0.3 is 0 Å². The lowest BCUT2D eigenvalue weighted by Gasteiger charge is -2.19. The highest BCUT2D eigenvalue weighted by molar-refractivity contribution is 6.25. The molecule has 0 spiro atoms. The smallest absolute Gasteiger partial charge is 0.256 e. The van der Waals surface area contributed by atoms with Crippen LogP contribution < -0.4 is 21.7 Å². The van der Waals surface area contributed by atoms with Crippen LogP contribution in [0.4, 0.5) is 11.4 Å². The number of fused-ring (bicyclic) bond motifs is 1. The van der Waals surface area contributed by atoms with Crippen molar-refractivity contribution in [2.45, 2.75) is 51.1 Å². The normalized spacial score (nSPS) is 15.5. The van der Waals surface area contributed by atoms with E-state index >= 15 is 0 Å². The number of rotatable bonds is 7. The Balaban J connectivity index is 0.00000176. The Morgan fingerprint density at radius 2 is 2.00 bits per heavy atom. The van der Waals surface area contributed by atoms with E-state index in [0.29, 0.717) is 11.4 Å². The molecule has 0 atom stereocenters. The molecule has 1 fully saturated rings. The maximum Gasteiger partial charge on any atom is 0.256 e. The average Bonchev–Trinajstić information content (AvgIpc) is 3.72. The minimum absolute atomic E-state index is 0.193. The van der Waals surface area contributed by atoms with Gasteiger partial charge in [0, 0.05) is 24.5 Å². The molecule has 2 aliphatic rings. The number of hydrogen-bond acceptors (Lipinski definition) is 6. The fourth-order valence-electron chi connectivity index (χ4n) is 3.81. The van der Waals surface area contributed by atoms with Gasteiger partial charge in [0.05, 0.1) is 17.2 Å². The van der Waals surface area contributed by atoms with Crippen molar-refractivity contribution < 1.29 is 4.79 Å². The van der Waals surface area contributed by atoms with E-state index in [-0.39, 0.29) is 11.9 Å². The summed E-state index contributed by atoms with van der Waals surface area (Å²) in [6.07, 6.45) is 4.33. The second-order valence-electron chi connectivity index (χ2n) is 9.26. The van der Waals surface area contributed by atoms with E-state index in [2.05, 4.69) is 51.6 Å². The third kappa shape index (κ3) is 6.87. The highest BCUT2D eigenvalue weighted by atomic mass is 16.1. The van der Waals surface area contributed by atoms with Crippen molar-refractivity contribution in [1.82, 2.24) is 10.6 Å². The molecule has 0 unspecified atom stereocenters. The summed E-state index contributed by atoms with van der Waals surface area (Å²) in [5, 5.41) is 19.3. The summed E-state index contributed by atoms with van der Waals surface area (Å²) < 4.78 is 0. The van der Waals surface area contributed by atoms with Crippen LogP contribution in [0.15, 0.2) is 64.2 Å². The van der Waals surface area contributed by atoms with Gasteiger partial charge in [-0.3, -0.25) is 9.79 Å². The number of amidine groups is 1. The van der Waals surface area contributed by atoms with Crippen molar-refractivity contribution in [1.29, 1.82) is 5.26 Å². The first-order chi connectivity index (χ1) is 17.4. The number of carbonyl (C=O) groups is 1. The third-order valence-electron chi connectivity index (χ3n) is 6.08. The molecule has 0 bridgehead atoms. The van der Waals surface area contributed by atoms with Gasteiger partial charge in [-0.2, -0.15) is 5.26 Å².